The van der Waals surface area contributed by atoms with Crippen LogP contribution in [0.25, 0.3) is 10.1 Å². The van der Waals surface area contributed by atoms with Crippen molar-refractivity contribution in [3.63, 3.8) is 0 Å². The van der Waals surface area contributed by atoms with E-state index in [1.807, 2.05) is 33.8 Å². The molecule has 0 fully saturated rings. The summed E-state index contributed by atoms with van der Waals surface area (Å²) in [5.41, 5.74) is 0.800. The largest absolute Gasteiger partial charge is 0.392 e. The van der Waals surface area contributed by atoms with Crippen LogP contribution in [0.3, 0.4) is 0 Å². The van der Waals surface area contributed by atoms with Crippen molar-refractivity contribution in [2.24, 2.45) is 0 Å². The maximum absolute atomic E-state index is 13.1. The molecule has 0 saturated heterocycles. The SMILES string of the molecule is CC.CC.OCc1csc2c(F)cccc12. The van der Waals surface area contributed by atoms with Gasteiger partial charge < -0.3 is 5.11 Å². The quantitative estimate of drug-likeness (QED) is 0.775. The van der Waals surface area contributed by atoms with Crippen LogP contribution >= 0.6 is 11.3 Å². The number of benzene rings is 1. The molecule has 0 aliphatic carbocycles. The maximum atomic E-state index is 13.1. The van der Waals surface area contributed by atoms with Crippen LogP contribution in [0.1, 0.15) is 33.3 Å². The van der Waals surface area contributed by atoms with Gasteiger partial charge in [0, 0.05) is 5.39 Å². The summed E-state index contributed by atoms with van der Waals surface area (Å²) in [7, 11) is 0. The van der Waals surface area contributed by atoms with E-state index in [1.165, 1.54) is 17.4 Å². The van der Waals surface area contributed by atoms with E-state index < -0.39 is 0 Å². The average molecular weight is 242 g/mol. The van der Waals surface area contributed by atoms with E-state index in [4.69, 9.17) is 5.11 Å². The van der Waals surface area contributed by atoms with E-state index >= 15 is 0 Å². The Morgan fingerprint density at radius 1 is 1.19 bits per heavy atom. The monoisotopic (exact) mass is 242 g/mol. The third kappa shape index (κ3) is 3.29. The summed E-state index contributed by atoms with van der Waals surface area (Å²) in [5.74, 6) is -0.211. The normalized spacial score (nSPS) is 8.88. The van der Waals surface area contributed by atoms with Gasteiger partial charge in [-0.05, 0) is 17.0 Å². The molecule has 3 heteroatoms. The Labute approximate surface area is 101 Å². The Balaban J connectivity index is 0.000000509. The van der Waals surface area contributed by atoms with E-state index in [9.17, 15) is 4.39 Å². The molecule has 0 unspecified atom stereocenters. The Hall–Kier alpha value is -0.930. The first kappa shape index (κ1) is 15.1. The fraction of sp³-hybridized carbons (Fsp3) is 0.385. The van der Waals surface area contributed by atoms with Crippen LogP contribution in [0.5, 0.6) is 0 Å². The second-order valence-electron chi connectivity index (χ2n) is 2.54. The lowest BCUT2D eigenvalue weighted by atomic mass is 10.2. The van der Waals surface area contributed by atoms with Crippen LogP contribution in [0.4, 0.5) is 4.39 Å². The lowest BCUT2D eigenvalue weighted by Gasteiger charge is -1.93. The van der Waals surface area contributed by atoms with Crippen molar-refractivity contribution in [3.05, 3.63) is 35.0 Å². The number of rotatable bonds is 1. The molecule has 1 N–H and O–H groups in total. The van der Waals surface area contributed by atoms with Gasteiger partial charge in [-0.1, -0.05) is 39.8 Å². The van der Waals surface area contributed by atoms with Crippen molar-refractivity contribution >= 4 is 21.4 Å². The smallest absolute Gasteiger partial charge is 0.140 e. The standard InChI is InChI=1S/C9H7FOS.2C2H6/c10-8-3-1-2-7-6(4-11)5-12-9(7)8;2*1-2/h1-3,5,11H,4H2;2*1-2H3. The van der Waals surface area contributed by atoms with Crippen LogP contribution in [0.2, 0.25) is 0 Å². The molecule has 1 heterocycles. The molecule has 1 nitrogen and oxygen atoms in total. The van der Waals surface area contributed by atoms with Gasteiger partial charge in [0.2, 0.25) is 0 Å². The predicted octanol–water partition coefficient (Wildman–Crippen LogP) is 4.59. The van der Waals surface area contributed by atoms with Gasteiger partial charge in [0.1, 0.15) is 5.82 Å². The minimum Gasteiger partial charge on any atom is -0.392 e. The third-order valence-electron chi connectivity index (χ3n) is 1.80. The van der Waals surface area contributed by atoms with Crippen LogP contribution in [-0.2, 0) is 6.61 Å². The number of hydrogen-bond donors (Lipinski definition) is 1. The molecule has 2 aromatic rings. The van der Waals surface area contributed by atoms with Crippen molar-refractivity contribution in [1.82, 2.24) is 0 Å². The lowest BCUT2D eigenvalue weighted by molar-refractivity contribution is 0.284. The maximum Gasteiger partial charge on any atom is 0.140 e. The number of hydrogen-bond acceptors (Lipinski definition) is 2. The van der Waals surface area contributed by atoms with Crippen molar-refractivity contribution in [2.45, 2.75) is 34.3 Å². The molecular formula is C13H19FOS. The Bertz CT molecular complexity index is 409. The molecule has 1 aromatic heterocycles. The fourth-order valence-corrected chi connectivity index (χ4v) is 2.17. The Morgan fingerprint density at radius 3 is 2.38 bits per heavy atom. The molecule has 0 saturated carbocycles. The van der Waals surface area contributed by atoms with E-state index in [0.717, 1.165) is 10.9 Å². The molecule has 1 aromatic carbocycles. The molecule has 0 aliphatic rings. The first-order valence-electron chi connectivity index (χ1n) is 5.58. The number of aliphatic hydroxyl groups is 1. The minimum absolute atomic E-state index is 0.0244. The zero-order valence-corrected chi connectivity index (χ0v) is 11.1. The zero-order chi connectivity index (χ0) is 12.6. The first-order chi connectivity index (χ1) is 7.83. The molecule has 2 rings (SSSR count). The van der Waals surface area contributed by atoms with Crippen LogP contribution in [0, 0.1) is 5.82 Å². The second kappa shape index (κ2) is 8.25. The van der Waals surface area contributed by atoms with E-state index in [1.54, 1.807) is 11.4 Å². The highest BCUT2D eigenvalue weighted by Gasteiger charge is 2.05. The van der Waals surface area contributed by atoms with Gasteiger partial charge in [0.05, 0.1) is 11.3 Å². The second-order valence-corrected chi connectivity index (χ2v) is 3.42. The molecular weight excluding hydrogens is 223 g/mol. The van der Waals surface area contributed by atoms with Crippen LogP contribution in [0.15, 0.2) is 23.6 Å². The summed E-state index contributed by atoms with van der Waals surface area (Å²) in [4.78, 5) is 0. The van der Waals surface area contributed by atoms with Gasteiger partial charge >= 0.3 is 0 Å². The van der Waals surface area contributed by atoms with Gasteiger partial charge in [0.25, 0.3) is 0 Å². The third-order valence-corrected chi connectivity index (χ3v) is 2.86. The highest BCUT2D eigenvalue weighted by Crippen LogP contribution is 2.27. The van der Waals surface area contributed by atoms with Crippen molar-refractivity contribution in [2.75, 3.05) is 0 Å². The Kier molecular flexibility index (Phi) is 7.77. The topological polar surface area (TPSA) is 20.2 Å². The summed E-state index contributed by atoms with van der Waals surface area (Å²) in [5, 5.41) is 11.5. The van der Waals surface area contributed by atoms with Gasteiger partial charge in [-0.15, -0.1) is 11.3 Å². The van der Waals surface area contributed by atoms with Crippen molar-refractivity contribution < 1.29 is 9.50 Å². The molecule has 90 valence electrons. The van der Waals surface area contributed by atoms with Crippen LogP contribution < -0.4 is 0 Å². The van der Waals surface area contributed by atoms with E-state index in [0.29, 0.717) is 4.70 Å². The summed E-state index contributed by atoms with van der Waals surface area (Å²) in [6.07, 6.45) is 0. The van der Waals surface area contributed by atoms with E-state index in [2.05, 4.69) is 0 Å². The molecule has 0 radical (unpaired) electrons. The lowest BCUT2D eigenvalue weighted by Crippen LogP contribution is -1.79. The van der Waals surface area contributed by atoms with Gasteiger partial charge in [0.15, 0.2) is 0 Å². The Morgan fingerprint density at radius 2 is 1.81 bits per heavy atom. The van der Waals surface area contributed by atoms with Crippen molar-refractivity contribution in [1.29, 1.82) is 0 Å². The number of aliphatic hydroxyl groups excluding tert-OH is 1. The average Bonchev–Trinajstić information content (AvgIpc) is 2.79. The van der Waals surface area contributed by atoms with E-state index in [-0.39, 0.29) is 12.4 Å². The first-order valence-corrected chi connectivity index (χ1v) is 6.46. The van der Waals surface area contributed by atoms with Crippen molar-refractivity contribution in [3.8, 4) is 0 Å². The summed E-state index contributed by atoms with van der Waals surface area (Å²) in [6, 6.07) is 4.91. The summed E-state index contributed by atoms with van der Waals surface area (Å²) in [6.45, 7) is 7.98. The molecule has 16 heavy (non-hydrogen) atoms. The van der Waals surface area contributed by atoms with Gasteiger partial charge in [-0.25, -0.2) is 4.39 Å². The molecule has 0 bridgehead atoms. The summed E-state index contributed by atoms with van der Waals surface area (Å²) < 4.78 is 13.7. The molecule has 0 spiro atoms. The fourth-order valence-electron chi connectivity index (χ4n) is 1.20. The summed E-state index contributed by atoms with van der Waals surface area (Å²) >= 11 is 1.33. The van der Waals surface area contributed by atoms with Crippen LogP contribution in [-0.4, -0.2) is 5.11 Å². The number of halogens is 1. The predicted molar refractivity (Wildman–Crippen MR) is 70.4 cm³/mol. The zero-order valence-electron chi connectivity index (χ0n) is 10.2. The molecule has 0 atom stereocenters. The number of thiophene rings is 1. The van der Waals surface area contributed by atoms with Gasteiger partial charge in [-0.2, -0.15) is 0 Å². The number of fused-ring (bicyclic) bond motifs is 1. The minimum atomic E-state index is -0.211. The van der Waals surface area contributed by atoms with Gasteiger partial charge in [-0.3, -0.25) is 0 Å². The molecule has 0 amide bonds. The molecule has 0 aliphatic heterocycles. The highest BCUT2D eigenvalue weighted by molar-refractivity contribution is 7.17. The highest BCUT2D eigenvalue weighted by atomic mass is 32.1.